The van der Waals surface area contributed by atoms with Crippen molar-refractivity contribution in [1.82, 2.24) is 9.78 Å². The minimum absolute atomic E-state index is 0.169. The Kier molecular flexibility index (Phi) is 1.39. The quantitative estimate of drug-likeness (QED) is 0.548. The van der Waals surface area contributed by atoms with Crippen molar-refractivity contribution in [2.75, 3.05) is 0 Å². The molecule has 0 saturated carbocycles. The van der Waals surface area contributed by atoms with E-state index < -0.39 is 0 Å². The molecule has 1 aliphatic heterocycles. The molecule has 0 bridgehead atoms. The first kappa shape index (κ1) is 6.41. The molecule has 1 unspecified atom stereocenters. The summed E-state index contributed by atoms with van der Waals surface area (Å²) in [5.41, 5.74) is 1.26. The van der Waals surface area contributed by atoms with Gasteiger partial charge in [0.2, 0.25) is 0 Å². The average Bonchev–Trinajstić information content (AvgIpc) is 2.50. The minimum atomic E-state index is 0.169. The predicted octanol–water partition coefficient (Wildman–Crippen LogP) is 0.969. The summed E-state index contributed by atoms with van der Waals surface area (Å²) in [5, 5.41) is 12.8. The fourth-order valence-electron chi connectivity index (χ4n) is 1.46. The molecule has 2 heterocycles. The number of nitriles is 1. The Hall–Kier alpha value is -1.30. The molecule has 0 spiro atoms. The fraction of sp³-hybridized carbons (Fsp3) is 0.500. The van der Waals surface area contributed by atoms with Crippen molar-refractivity contribution in [3.63, 3.8) is 0 Å². The zero-order valence-corrected chi connectivity index (χ0v) is 6.20. The van der Waals surface area contributed by atoms with E-state index in [-0.39, 0.29) is 5.92 Å². The number of rotatable bonds is 0. The van der Waals surface area contributed by atoms with Crippen molar-refractivity contribution < 1.29 is 0 Å². The molecular weight excluding hydrogens is 138 g/mol. The van der Waals surface area contributed by atoms with E-state index in [0.717, 1.165) is 19.4 Å². The molecule has 1 atom stereocenters. The van der Waals surface area contributed by atoms with Crippen LogP contribution in [0, 0.1) is 17.2 Å². The van der Waals surface area contributed by atoms with Gasteiger partial charge in [-0.15, -0.1) is 0 Å². The van der Waals surface area contributed by atoms with Crippen molar-refractivity contribution in [3.05, 3.63) is 18.0 Å². The van der Waals surface area contributed by atoms with Gasteiger partial charge in [-0.3, -0.25) is 4.68 Å². The van der Waals surface area contributed by atoms with Crippen molar-refractivity contribution in [1.29, 1.82) is 5.26 Å². The molecule has 1 aliphatic rings. The molecule has 2 rings (SSSR count). The summed E-state index contributed by atoms with van der Waals surface area (Å²) in [7, 11) is 0. The van der Waals surface area contributed by atoms with Crippen LogP contribution >= 0.6 is 0 Å². The Morgan fingerprint density at radius 1 is 1.73 bits per heavy atom. The van der Waals surface area contributed by atoms with Crippen LogP contribution in [0.1, 0.15) is 12.1 Å². The second kappa shape index (κ2) is 2.39. The van der Waals surface area contributed by atoms with E-state index >= 15 is 0 Å². The molecule has 0 radical (unpaired) electrons. The van der Waals surface area contributed by atoms with Gasteiger partial charge in [0.1, 0.15) is 0 Å². The van der Waals surface area contributed by atoms with Gasteiger partial charge in [0, 0.05) is 11.9 Å². The van der Waals surface area contributed by atoms with Gasteiger partial charge in [0.15, 0.2) is 0 Å². The molecule has 3 heteroatoms. The van der Waals surface area contributed by atoms with Crippen LogP contribution in [0.5, 0.6) is 0 Å². The number of aromatic nitrogens is 2. The predicted molar refractivity (Wildman–Crippen MR) is 39.7 cm³/mol. The van der Waals surface area contributed by atoms with Gasteiger partial charge in [-0.2, -0.15) is 10.4 Å². The summed E-state index contributed by atoms with van der Waals surface area (Å²) >= 11 is 0. The van der Waals surface area contributed by atoms with Crippen molar-refractivity contribution >= 4 is 0 Å². The second-order valence-electron chi connectivity index (χ2n) is 2.87. The van der Waals surface area contributed by atoms with Gasteiger partial charge in [-0.05, 0) is 18.9 Å². The molecule has 0 aliphatic carbocycles. The van der Waals surface area contributed by atoms with Crippen molar-refractivity contribution in [3.8, 4) is 6.07 Å². The number of aryl methyl sites for hydroxylation is 1. The number of hydrogen-bond donors (Lipinski definition) is 0. The highest BCUT2D eigenvalue weighted by Crippen LogP contribution is 2.17. The summed E-state index contributed by atoms with van der Waals surface area (Å²) in [4.78, 5) is 0. The number of nitrogens with zero attached hydrogens (tertiary/aromatic N) is 3. The van der Waals surface area contributed by atoms with Gasteiger partial charge in [-0.1, -0.05) is 0 Å². The third-order valence-electron chi connectivity index (χ3n) is 2.13. The maximum absolute atomic E-state index is 8.66. The van der Waals surface area contributed by atoms with E-state index in [4.69, 9.17) is 5.26 Å². The number of fused-ring (bicyclic) bond motifs is 1. The zero-order chi connectivity index (χ0) is 7.68. The Labute approximate surface area is 65.3 Å². The molecule has 56 valence electrons. The van der Waals surface area contributed by atoms with E-state index in [1.54, 1.807) is 6.20 Å². The maximum Gasteiger partial charge on any atom is 0.0675 e. The van der Waals surface area contributed by atoms with Crippen molar-refractivity contribution in [2.45, 2.75) is 19.4 Å². The van der Waals surface area contributed by atoms with E-state index in [1.807, 2.05) is 10.7 Å². The van der Waals surface area contributed by atoms with Crippen LogP contribution in [0.15, 0.2) is 12.3 Å². The lowest BCUT2D eigenvalue weighted by atomic mass is 10.0. The van der Waals surface area contributed by atoms with Crippen LogP contribution in [0.4, 0.5) is 0 Å². The molecule has 11 heavy (non-hydrogen) atoms. The minimum Gasteiger partial charge on any atom is -0.268 e. The van der Waals surface area contributed by atoms with Gasteiger partial charge < -0.3 is 0 Å². The standard InChI is InChI=1S/C8H9N3/c9-5-7-1-2-8-3-4-10-11(8)6-7/h3-4,7H,1-2,6H2. The Morgan fingerprint density at radius 2 is 2.64 bits per heavy atom. The van der Waals surface area contributed by atoms with Crippen LogP contribution in [0.25, 0.3) is 0 Å². The first-order valence-electron chi connectivity index (χ1n) is 3.80. The van der Waals surface area contributed by atoms with Crippen LogP contribution in [0.3, 0.4) is 0 Å². The third-order valence-corrected chi connectivity index (χ3v) is 2.13. The summed E-state index contributed by atoms with van der Waals surface area (Å²) < 4.78 is 1.93. The van der Waals surface area contributed by atoms with Crippen LogP contribution in [-0.4, -0.2) is 9.78 Å². The summed E-state index contributed by atoms with van der Waals surface area (Å²) in [5.74, 6) is 0.169. The van der Waals surface area contributed by atoms with Gasteiger partial charge in [-0.25, -0.2) is 0 Å². The third kappa shape index (κ3) is 1.01. The number of hydrogen-bond acceptors (Lipinski definition) is 2. The molecule has 1 aromatic heterocycles. The largest absolute Gasteiger partial charge is 0.268 e. The lowest BCUT2D eigenvalue weighted by Gasteiger charge is -2.17. The van der Waals surface area contributed by atoms with Crippen molar-refractivity contribution in [2.24, 2.45) is 5.92 Å². The smallest absolute Gasteiger partial charge is 0.0675 e. The first-order chi connectivity index (χ1) is 5.40. The molecule has 0 fully saturated rings. The Morgan fingerprint density at radius 3 is 3.45 bits per heavy atom. The topological polar surface area (TPSA) is 41.6 Å². The highest BCUT2D eigenvalue weighted by molar-refractivity contribution is 5.05. The van der Waals surface area contributed by atoms with E-state index in [0.29, 0.717) is 0 Å². The van der Waals surface area contributed by atoms with E-state index in [9.17, 15) is 0 Å². The first-order valence-corrected chi connectivity index (χ1v) is 3.80. The fourth-order valence-corrected chi connectivity index (χ4v) is 1.46. The normalized spacial score (nSPS) is 22.3. The summed E-state index contributed by atoms with van der Waals surface area (Å²) in [6.45, 7) is 0.777. The molecule has 0 saturated heterocycles. The van der Waals surface area contributed by atoms with Crippen LogP contribution in [0.2, 0.25) is 0 Å². The zero-order valence-electron chi connectivity index (χ0n) is 6.20. The molecule has 3 nitrogen and oxygen atoms in total. The monoisotopic (exact) mass is 147 g/mol. The van der Waals surface area contributed by atoms with Gasteiger partial charge in [0.25, 0.3) is 0 Å². The second-order valence-corrected chi connectivity index (χ2v) is 2.87. The molecule has 0 aromatic carbocycles. The molecular formula is C8H9N3. The maximum atomic E-state index is 8.66. The van der Waals surface area contributed by atoms with Crippen LogP contribution < -0.4 is 0 Å². The van der Waals surface area contributed by atoms with Gasteiger partial charge in [0.05, 0.1) is 18.5 Å². The van der Waals surface area contributed by atoms with Gasteiger partial charge >= 0.3 is 0 Å². The Balaban J connectivity index is 2.26. The highest BCUT2D eigenvalue weighted by Gasteiger charge is 2.17. The average molecular weight is 147 g/mol. The molecule has 0 N–H and O–H groups in total. The SMILES string of the molecule is N#CC1CCc2ccnn2C1. The molecule has 1 aromatic rings. The van der Waals surface area contributed by atoms with Crippen LogP contribution in [-0.2, 0) is 13.0 Å². The Bertz CT molecular complexity index is 295. The lowest BCUT2D eigenvalue weighted by molar-refractivity contribution is 0.412. The molecule has 0 amide bonds. The van der Waals surface area contributed by atoms with E-state index in [1.165, 1.54) is 5.69 Å². The summed E-state index contributed by atoms with van der Waals surface area (Å²) in [6, 6.07) is 4.30. The summed E-state index contributed by atoms with van der Waals surface area (Å²) in [6.07, 6.45) is 3.79. The lowest BCUT2D eigenvalue weighted by Crippen LogP contribution is -2.19. The van der Waals surface area contributed by atoms with E-state index in [2.05, 4.69) is 11.2 Å². The highest BCUT2D eigenvalue weighted by atomic mass is 15.3.